The Morgan fingerprint density at radius 3 is 2.52 bits per heavy atom. The molecule has 0 radical (unpaired) electrons. The molecule has 21 heavy (non-hydrogen) atoms. The first kappa shape index (κ1) is 16.2. The van der Waals surface area contributed by atoms with Crippen molar-refractivity contribution in [3.63, 3.8) is 0 Å². The summed E-state index contributed by atoms with van der Waals surface area (Å²) < 4.78 is 1.96. The Morgan fingerprint density at radius 1 is 1.29 bits per heavy atom. The summed E-state index contributed by atoms with van der Waals surface area (Å²) in [5.41, 5.74) is 3.92. The van der Waals surface area contributed by atoms with Crippen molar-refractivity contribution in [1.29, 1.82) is 0 Å². The van der Waals surface area contributed by atoms with Gasteiger partial charge in [-0.05, 0) is 32.4 Å². The van der Waals surface area contributed by atoms with Crippen LogP contribution in [0.1, 0.15) is 47.6 Å². The quantitative estimate of drug-likeness (QED) is 0.863. The maximum absolute atomic E-state index is 4.52. The van der Waals surface area contributed by atoms with E-state index in [-0.39, 0.29) is 5.41 Å². The van der Waals surface area contributed by atoms with Crippen molar-refractivity contribution >= 4 is 11.3 Å². The van der Waals surface area contributed by atoms with E-state index in [1.807, 2.05) is 17.9 Å². The molecule has 0 saturated carbocycles. The van der Waals surface area contributed by atoms with Crippen LogP contribution in [0.5, 0.6) is 0 Å². The van der Waals surface area contributed by atoms with Gasteiger partial charge in [0.05, 0.1) is 10.7 Å². The average molecular weight is 306 g/mol. The van der Waals surface area contributed by atoms with Crippen molar-refractivity contribution in [3.05, 3.63) is 33.0 Å². The lowest BCUT2D eigenvalue weighted by Gasteiger charge is -2.13. The molecule has 0 aliphatic heterocycles. The highest BCUT2D eigenvalue weighted by Gasteiger charge is 2.17. The molecule has 0 bridgehead atoms. The number of aromatic nitrogens is 3. The highest BCUT2D eigenvalue weighted by Crippen LogP contribution is 2.26. The van der Waals surface area contributed by atoms with Crippen LogP contribution in [0.15, 0.2) is 6.20 Å². The zero-order valence-corrected chi connectivity index (χ0v) is 14.8. The van der Waals surface area contributed by atoms with Gasteiger partial charge in [0.1, 0.15) is 0 Å². The molecule has 2 heterocycles. The van der Waals surface area contributed by atoms with Gasteiger partial charge in [-0.3, -0.25) is 4.68 Å². The Kier molecular flexibility index (Phi) is 4.84. The second-order valence-corrected chi connectivity index (χ2v) is 7.70. The lowest BCUT2D eigenvalue weighted by atomic mass is 9.98. The van der Waals surface area contributed by atoms with Crippen molar-refractivity contribution in [1.82, 2.24) is 20.1 Å². The van der Waals surface area contributed by atoms with E-state index in [0.29, 0.717) is 0 Å². The fourth-order valence-electron chi connectivity index (χ4n) is 2.34. The highest BCUT2D eigenvalue weighted by atomic mass is 32.1. The monoisotopic (exact) mass is 306 g/mol. The molecule has 0 aliphatic carbocycles. The van der Waals surface area contributed by atoms with Crippen LogP contribution in [0.4, 0.5) is 0 Å². The molecule has 0 unspecified atom stereocenters. The van der Waals surface area contributed by atoms with Crippen LogP contribution in [0.25, 0.3) is 0 Å². The Bertz CT molecular complexity index is 604. The fourth-order valence-corrected chi connectivity index (χ4v) is 3.28. The SMILES string of the molecule is Cc1nn(C)c(C)c1CCNCc1cnc(C(C)(C)C)s1. The number of hydrogen-bond acceptors (Lipinski definition) is 4. The predicted octanol–water partition coefficient (Wildman–Crippen LogP) is 3.12. The molecule has 0 atom stereocenters. The Morgan fingerprint density at radius 2 is 2.00 bits per heavy atom. The van der Waals surface area contributed by atoms with Gasteiger partial charge in [-0.2, -0.15) is 5.10 Å². The van der Waals surface area contributed by atoms with Crippen molar-refractivity contribution in [3.8, 4) is 0 Å². The first-order valence-electron chi connectivity index (χ1n) is 7.44. The number of aryl methyl sites for hydroxylation is 2. The van der Waals surface area contributed by atoms with E-state index in [0.717, 1.165) is 25.2 Å². The fraction of sp³-hybridized carbons (Fsp3) is 0.625. The molecule has 0 fully saturated rings. The van der Waals surface area contributed by atoms with E-state index in [9.17, 15) is 0 Å². The molecule has 2 aromatic heterocycles. The molecular weight excluding hydrogens is 280 g/mol. The second kappa shape index (κ2) is 6.28. The van der Waals surface area contributed by atoms with Crippen LogP contribution < -0.4 is 5.32 Å². The summed E-state index contributed by atoms with van der Waals surface area (Å²) in [4.78, 5) is 5.83. The predicted molar refractivity (Wildman–Crippen MR) is 88.9 cm³/mol. The lowest BCUT2D eigenvalue weighted by molar-refractivity contribution is 0.585. The van der Waals surface area contributed by atoms with E-state index in [4.69, 9.17) is 0 Å². The molecule has 1 N–H and O–H groups in total. The van der Waals surface area contributed by atoms with E-state index < -0.39 is 0 Å². The van der Waals surface area contributed by atoms with Crippen molar-refractivity contribution in [2.24, 2.45) is 7.05 Å². The van der Waals surface area contributed by atoms with Crippen molar-refractivity contribution in [2.75, 3.05) is 6.54 Å². The maximum Gasteiger partial charge on any atom is 0.0981 e. The maximum atomic E-state index is 4.52. The second-order valence-electron chi connectivity index (χ2n) is 6.58. The normalized spacial score (nSPS) is 12.1. The third-order valence-corrected chi connectivity index (χ3v) is 5.13. The first-order chi connectivity index (χ1) is 9.79. The minimum absolute atomic E-state index is 0.146. The van der Waals surface area contributed by atoms with Crippen LogP contribution in [0.3, 0.4) is 0 Å². The summed E-state index contributed by atoms with van der Waals surface area (Å²) >= 11 is 1.81. The van der Waals surface area contributed by atoms with Crippen LogP contribution in [0, 0.1) is 13.8 Å². The number of rotatable bonds is 5. The summed E-state index contributed by atoms with van der Waals surface area (Å²) in [6, 6.07) is 0. The van der Waals surface area contributed by atoms with Crippen LogP contribution >= 0.6 is 11.3 Å². The summed E-state index contributed by atoms with van der Waals surface area (Å²) in [7, 11) is 2.00. The molecule has 0 saturated heterocycles. The standard InChI is InChI=1S/C16H26N4S/c1-11-14(12(2)20(6)19-11)7-8-17-9-13-10-18-15(21-13)16(3,4)5/h10,17H,7-9H2,1-6H3. The van der Waals surface area contributed by atoms with Gasteiger partial charge in [-0.15, -0.1) is 11.3 Å². The van der Waals surface area contributed by atoms with Gasteiger partial charge >= 0.3 is 0 Å². The average Bonchev–Trinajstić information content (AvgIpc) is 2.94. The molecular formula is C16H26N4S. The van der Waals surface area contributed by atoms with Gasteiger partial charge in [-0.1, -0.05) is 20.8 Å². The van der Waals surface area contributed by atoms with E-state index in [1.165, 1.54) is 21.1 Å². The minimum Gasteiger partial charge on any atom is -0.311 e. The molecule has 116 valence electrons. The zero-order chi connectivity index (χ0) is 15.6. The molecule has 2 rings (SSSR count). The third kappa shape index (κ3) is 3.92. The lowest BCUT2D eigenvalue weighted by Crippen LogP contribution is -2.16. The largest absolute Gasteiger partial charge is 0.311 e. The van der Waals surface area contributed by atoms with Crippen LogP contribution in [-0.2, 0) is 25.4 Å². The number of nitrogens with one attached hydrogen (secondary N) is 1. The molecule has 0 amide bonds. The van der Waals surface area contributed by atoms with Gasteiger partial charge in [0.15, 0.2) is 0 Å². The summed E-state index contributed by atoms with van der Waals surface area (Å²) in [6.45, 7) is 12.7. The van der Waals surface area contributed by atoms with E-state index in [2.05, 4.69) is 50.0 Å². The summed E-state index contributed by atoms with van der Waals surface area (Å²) in [6.07, 6.45) is 3.02. The Hall–Kier alpha value is -1.20. The molecule has 5 heteroatoms. The highest BCUT2D eigenvalue weighted by molar-refractivity contribution is 7.11. The molecule has 2 aromatic rings. The topological polar surface area (TPSA) is 42.7 Å². The number of thiazole rings is 1. The number of nitrogens with zero attached hydrogens (tertiary/aromatic N) is 3. The van der Waals surface area contributed by atoms with Gasteiger partial charge < -0.3 is 5.32 Å². The minimum atomic E-state index is 0.146. The zero-order valence-electron chi connectivity index (χ0n) is 13.9. The summed E-state index contributed by atoms with van der Waals surface area (Å²) in [5, 5.41) is 9.18. The smallest absolute Gasteiger partial charge is 0.0981 e. The molecule has 0 spiro atoms. The van der Waals surface area contributed by atoms with Crippen molar-refractivity contribution < 1.29 is 0 Å². The molecule has 0 aliphatic rings. The first-order valence-corrected chi connectivity index (χ1v) is 8.25. The van der Waals surface area contributed by atoms with Gasteiger partial charge in [0, 0.05) is 35.8 Å². The Labute approximate surface area is 131 Å². The van der Waals surface area contributed by atoms with Gasteiger partial charge in [0.25, 0.3) is 0 Å². The van der Waals surface area contributed by atoms with Crippen LogP contribution in [-0.4, -0.2) is 21.3 Å². The third-order valence-electron chi connectivity index (χ3n) is 3.71. The molecule has 4 nitrogen and oxygen atoms in total. The Balaban J connectivity index is 1.84. The summed E-state index contributed by atoms with van der Waals surface area (Å²) in [5.74, 6) is 0. The van der Waals surface area contributed by atoms with Gasteiger partial charge in [-0.25, -0.2) is 4.98 Å². The van der Waals surface area contributed by atoms with Crippen molar-refractivity contribution in [2.45, 2.75) is 53.0 Å². The van der Waals surface area contributed by atoms with E-state index >= 15 is 0 Å². The van der Waals surface area contributed by atoms with Gasteiger partial charge in [0.2, 0.25) is 0 Å². The molecule has 0 aromatic carbocycles. The number of hydrogen-bond donors (Lipinski definition) is 1. The van der Waals surface area contributed by atoms with E-state index in [1.54, 1.807) is 11.3 Å². The van der Waals surface area contributed by atoms with Crippen LogP contribution in [0.2, 0.25) is 0 Å².